The molecule has 2 heterocycles. The summed E-state index contributed by atoms with van der Waals surface area (Å²) < 4.78 is 0. The van der Waals surface area contributed by atoms with Crippen LogP contribution in [0.1, 0.15) is 26.7 Å². The summed E-state index contributed by atoms with van der Waals surface area (Å²) >= 11 is 0. The SMILES string of the molecule is CC(C)C(=O)NC1CCCN(c2ncccn2)C1. The lowest BCUT2D eigenvalue weighted by Gasteiger charge is -2.33. The fourth-order valence-corrected chi connectivity index (χ4v) is 2.10. The smallest absolute Gasteiger partial charge is 0.225 e. The van der Waals surface area contributed by atoms with Gasteiger partial charge in [-0.2, -0.15) is 0 Å². The van der Waals surface area contributed by atoms with Crippen LogP contribution in [0.2, 0.25) is 0 Å². The molecule has 0 aliphatic carbocycles. The number of piperidine rings is 1. The van der Waals surface area contributed by atoms with E-state index in [-0.39, 0.29) is 17.9 Å². The van der Waals surface area contributed by atoms with Crippen LogP contribution in [0.4, 0.5) is 5.95 Å². The summed E-state index contributed by atoms with van der Waals surface area (Å²) in [4.78, 5) is 22.3. The van der Waals surface area contributed by atoms with Crippen molar-refractivity contribution < 1.29 is 4.79 Å². The Bertz CT molecular complexity index is 393. The standard InChI is InChI=1S/C13H20N4O/c1-10(2)12(18)16-11-5-3-8-17(9-11)13-14-6-4-7-15-13/h4,6-7,10-11H,3,5,8-9H2,1-2H3,(H,16,18). The minimum Gasteiger partial charge on any atom is -0.351 e. The van der Waals surface area contributed by atoms with Crippen molar-refractivity contribution in [3.63, 3.8) is 0 Å². The van der Waals surface area contributed by atoms with Crippen molar-refractivity contribution in [1.29, 1.82) is 0 Å². The highest BCUT2D eigenvalue weighted by atomic mass is 16.1. The van der Waals surface area contributed by atoms with E-state index in [1.165, 1.54) is 0 Å². The molecular formula is C13H20N4O. The number of hydrogen-bond acceptors (Lipinski definition) is 4. The minimum absolute atomic E-state index is 0.0355. The number of amides is 1. The van der Waals surface area contributed by atoms with Gasteiger partial charge in [-0.1, -0.05) is 13.8 Å². The predicted octanol–water partition coefficient (Wildman–Crippen LogP) is 1.22. The Morgan fingerprint density at radius 1 is 1.44 bits per heavy atom. The fourth-order valence-electron chi connectivity index (χ4n) is 2.10. The van der Waals surface area contributed by atoms with Gasteiger partial charge in [0.05, 0.1) is 0 Å². The molecule has 1 saturated heterocycles. The third kappa shape index (κ3) is 3.18. The Kier molecular flexibility index (Phi) is 4.12. The number of carbonyl (C=O) groups excluding carboxylic acids is 1. The number of nitrogens with one attached hydrogen (secondary N) is 1. The van der Waals surface area contributed by atoms with Crippen LogP contribution < -0.4 is 10.2 Å². The van der Waals surface area contributed by atoms with Crippen LogP contribution in [-0.2, 0) is 4.79 Å². The zero-order valence-corrected chi connectivity index (χ0v) is 11.0. The van der Waals surface area contributed by atoms with Crippen molar-refractivity contribution in [2.24, 2.45) is 5.92 Å². The molecule has 1 aromatic heterocycles. The maximum absolute atomic E-state index is 11.7. The maximum Gasteiger partial charge on any atom is 0.225 e. The first kappa shape index (κ1) is 12.8. The normalized spacial score (nSPS) is 19.9. The van der Waals surface area contributed by atoms with Gasteiger partial charge in [-0.25, -0.2) is 9.97 Å². The molecule has 18 heavy (non-hydrogen) atoms. The van der Waals surface area contributed by atoms with E-state index in [2.05, 4.69) is 20.2 Å². The molecule has 1 atom stereocenters. The van der Waals surface area contributed by atoms with Crippen molar-refractivity contribution >= 4 is 11.9 Å². The average molecular weight is 248 g/mol. The predicted molar refractivity (Wildman–Crippen MR) is 70.2 cm³/mol. The Hall–Kier alpha value is -1.65. The molecular weight excluding hydrogens is 228 g/mol. The van der Waals surface area contributed by atoms with Gasteiger partial charge in [-0.15, -0.1) is 0 Å². The molecule has 1 aliphatic rings. The Labute approximate surface area is 108 Å². The molecule has 1 aromatic rings. The van der Waals surface area contributed by atoms with E-state index in [0.29, 0.717) is 0 Å². The van der Waals surface area contributed by atoms with Crippen LogP contribution in [0.5, 0.6) is 0 Å². The van der Waals surface area contributed by atoms with E-state index in [0.717, 1.165) is 31.9 Å². The van der Waals surface area contributed by atoms with Gasteiger partial charge in [0, 0.05) is 37.4 Å². The van der Waals surface area contributed by atoms with Gasteiger partial charge in [0.2, 0.25) is 11.9 Å². The van der Waals surface area contributed by atoms with E-state index in [1.54, 1.807) is 12.4 Å². The number of anilines is 1. The largest absolute Gasteiger partial charge is 0.351 e. The average Bonchev–Trinajstić information content (AvgIpc) is 2.40. The molecule has 0 saturated carbocycles. The molecule has 5 heteroatoms. The van der Waals surface area contributed by atoms with Gasteiger partial charge in [0.25, 0.3) is 0 Å². The Balaban J connectivity index is 1.95. The first-order valence-electron chi connectivity index (χ1n) is 6.49. The van der Waals surface area contributed by atoms with Crippen LogP contribution in [-0.4, -0.2) is 35.0 Å². The van der Waals surface area contributed by atoms with E-state index in [1.807, 2.05) is 19.9 Å². The third-order valence-corrected chi connectivity index (χ3v) is 3.13. The summed E-state index contributed by atoms with van der Waals surface area (Å²) in [7, 11) is 0. The number of aromatic nitrogens is 2. The number of rotatable bonds is 3. The minimum atomic E-state index is 0.0355. The second-order valence-corrected chi connectivity index (χ2v) is 5.00. The van der Waals surface area contributed by atoms with Crippen LogP contribution >= 0.6 is 0 Å². The zero-order valence-electron chi connectivity index (χ0n) is 11.0. The second kappa shape index (κ2) is 5.80. The number of hydrogen-bond donors (Lipinski definition) is 1. The lowest BCUT2D eigenvalue weighted by molar-refractivity contribution is -0.124. The number of carbonyl (C=O) groups is 1. The van der Waals surface area contributed by atoms with Gasteiger partial charge in [-0.3, -0.25) is 4.79 Å². The first-order valence-corrected chi connectivity index (χ1v) is 6.49. The van der Waals surface area contributed by atoms with E-state index >= 15 is 0 Å². The van der Waals surface area contributed by atoms with Crippen LogP contribution in [0.3, 0.4) is 0 Å². The van der Waals surface area contributed by atoms with Gasteiger partial charge in [-0.05, 0) is 18.9 Å². The highest BCUT2D eigenvalue weighted by Gasteiger charge is 2.23. The van der Waals surface area contributed by atoms with Crippen molar-refractivity contribution in [2.75, 3.05) is 18.0 Å². The Morgan fingerprint density at radius 3 is 2.83 bits per heavy atom. The molecule has 1 aliphatic heterocycles. The molecule has 1 N–H and O–H groups in total. The van der Waals surface area contributed by atoms with E-state index in [4.69, 9.17) is 0 Å². The molecule has 0 aromatic carbocycles. The topological polar surface area (TPSA) is 58.1 Å². The molecule has 5 nitrogen and oxygen atoms in total. The second-order valence-electron chi connectivity index (χ2n) is 5.00. The first-order chi connectivity index (χ1) is 8.66. The molecule has 0 radical (unpaired) electrons. The van der Waals surface area contributed by atoms with Gasteiger partial charge < -0.3 is 10.2 Å². The number of nitrogens with zero attached hydrogens (tertiary/aromatic N) is 3. The van der Waals surface area contributed by atoms with Crippen LogP contribution in [0.25, 0.3) is 0 Å². The lowest BCUT2D eigenvalue weighted by Crippen LogP contribution is -2.49. The monoisotopic (exact) mass is 248 g/mol. The summed E-state index contributed by atoms with van der Waals surface area (Å²) in [5.41, 5.74) is 0. The van der Waals surface area contributed by atoms with Gasteiger partial charge in [0.15, 0.2) is 0 Å². The summed E-state index contributed by atoms with van der Waals surface area (Å²) in [5.74, 6) is 0.908. The summed E-state index contributed by atoms with van der Waals surface area (Å²) in [6.07, 6.45) is 5.58. The van der Waals surface area contributed by atoms with Gasteiger partial charge in [0.1, 0.15) is 0 Å². The molecule has 0 bridgehead atoms. The van der Waals surface area contributed by atoms with Crippen molar-refractivity contribution in [3.05, 3.63) is 18.5 Å². The molecule has 1 unspecified atom stereocenters. The van der Waals surface area contributed by atoms with Crippen molar-refractivity contribution in [3.8, 4) is 0 Å². The van der Waals surface area contributed by atoms with Gasteiger partial charge >= 0.3 is 0 Å². The van der Waals surface area contributed by atoms with E-state index in [9.17, 15) is 4.79 Å². The summed E-state index contributed by atoms with van der Waals surface area (Å²) in [6, 6.07) is 2.02. The van der Waals surface area contributed by atoms with Crippen LogP contribution in [0, 0.1) is 5.92 Å². The van der Waals surface area contributed by atoms with Crippen molar-refractivity contribution in [1.82, 2.24) is 15.3 Å². The zero-order chi connectivity index (χ0) is 13.0. The summed E-state index contributed by atoms with van der Waals surface area (Å²) in [6.45, 7) is 5.58. The molecule has 98 valence electrons. The summed E-state index contributed by atoms with van der Waals surface area (Å²) in [5, 5.41) is 3.08. The van der Waals surface area contributed by atoms with Crippen LogP contribution in [0.15, 0.2) is 18.5 Å². The molecule has 1 amide bonds. The van der Waals surface area contributed by atoms with E-state index < -0.39 is 0 Å². The maximum atomic E-state index is 11.7. The molecule has 0 spiro atoms. The molecule has 2 rings (SSSR count). The lowest BCUT2D eigenvalue weighted by atomic mass is 10.0. The molecule has 1 fully saturated rings. The third-order valence-electron chi connectivity index (χ3n) is 3.13. The Morgan fingerprint density at radius 2 is 2.17 bits per heavy atom. The van der Waals surface area contributed by atoms with Crippen molar-refractivity contribution in [2.45, 2.75) is 32.7 Å². The highest BCUT2D eigenvalue weighted by molar-refractivity contribution is 5.78. The highest BCUT2D eigenvalue weighted by Crippen LogP contribution is 2.15. The quantitative estimate of drug-likeness (QED) is 0.873. The fraction of sp³-hybridized carbons (Fsp3) is 0.615.